The van der Waals surface area contributed by atoms with Gasteiger partial charge >= 0.3 is 5.97 Å². The van der Waals surface area contributed by atoms with Crippen molar-refractivity contribution < 1.29 is 19.1 Å². The molecule has 1 saturated heterocycles. The highest BCUT2D eigenvalue weighted by atomic mass is 32.2. The number of thioether (sulfide) groups is 1. The third kappa shape index (κ3) is 6.69. The molecule has 2 aromatic rings. The summed E-state index contributed by atoms with van der Waals surface area (Å²) in [6, 6.07) is 6.69. The molecule has 1 aromatic carbocycles. The van der Waals surface area contributed by atoms with Gasteiger partial charge in [0.2, 0.25) is 11.0 Å². The lowest BCUT2D eigenvalue weighted by atomic mass is 10.2. The maximum Gasteiger partial charge on any atom is 0.338 e. The van der Waals surface area contributed by atoms with Crippen molar-refractivity contribution in [1.29, 1.82) is 0 Å². The van der Waals surface area contributed by atoms with Gasteiger partial charge in [0.15, 0.2) is 4.34 Å². The topological polar surface area (TPSA) is 93.6 Å². The Morgan fingerprint density at radius 2 is 2.00 bits per heavy atom. The van der Waals surface area contributed by atoms with E-state index in [4.69, 9.17) is 9.47 Å². The van der Waals surface area contributed by atoms with E-state index in [1.807, 2.05) is 6.92 Å². The first-order valence-corrected chi connectivity index (χ1v) is 11.3. The second kappa shape index (κ2) is 11.1. The number of carbonyl (C=O) groups excluding carboxylic acids is 2. The van der Waals surface area contributed by atoms with Crippen molar-refractivity contribution in [3.05, 3.63) is 29.8 Å². The van der Waals surface area contributed by atoms with Gasteiger partial charge in [0.1, 0.15) is 0 Å². The van der Waals surface area contributed by atoms with Gasteiger partial charge in [0.25, 0.3) is 0 Å². The maximum absolute atomic E-state index is 12.2. The third-order valence-corrected chi connectivity index (χ3v) is 6.26. The molecule has 0 bridgehead atoms. The first-order valence-electron chi connectivity index (χ1n) is 9.51. The molecule has 1 aliphatic rings. The van der Waals surface area contributed by atoms with E-state index in [9.17, 15) is 9.59 Å². The number of carbonyl (C=O) groups is 2. The Hall–Kier alpha value is -2.17. The summed E-state index contributed by atoms with van der Waals surface area (Å²) in [4.78, 5) is 26.2. The second-order valence-electron chi connectivity index (χ2n) is 6.35. The summed E-state index contributed by atoms with van der Waals surface area (Å²) in [5, 5.41) is 12.0. The number of hydrogen-bond acceptors (Lipinski definition) is 9. The minimum absolute atomic E-state index is 0.142. The van der Waals surface area contributed by atoms with Crippen LogP contribution in [0.1, 0.15) is 30.1 Å². The molecule has 0 radical (unpaired) electrons. The van der Waals surface area contributed by atoms with Crippen LogP contribution >= 0.6 is 23.1 Å². The lowest BCUT2D eigenvalue weighted by molar-refractivity contribution is -0.113. The second-order valence-corrected chi connectivity index (χ2v) is 8.53. The maximum atomic E-state index is 12.2. The Bertz CT molecular complexity index is 807. The highest BCUT2D eigenvalue weighted by Crippen LogP contribution is 2.28. The molecule has 29 heavy (non-hydrogen) atoms. The summed E-state index contributed by atoms with van der Waals surface area (Å²) in [5.74, 6) is -0.255. The largest absolute Gasteiger partial charge is 0.462 e. The Labute approximate surface area is 178 Å². The molecule has 1 N–H and O–H groups in total. The van der Waals surface area contributed by atoms with E-state index in [1.54, 1.807) is 24.3 Å². The van der Waals surface area contributed by atoms with Gasteiger partial charge in [0.05, 0.1) is 31.1 Å². The first-order chi connectivity index (χ1) is 14.2. The molecule has 8 nitrogen and oxygen atoms in total. The van der Waals surface area contributed by atoms with Gasteiger partial charge in [-0.2, -0.15) is 0 Å². The van der Waals surface area contributed by atoms with E-state index in [1.165, 1.54) is 23.1 Å². The fourth-order valence-electron chi connectivity index (χ4n) is 2.55. The molecular formula is C19H24N4O4S2. The Balaban J connectivity index is 1.43. The number of nitrogens with zero attached hydrogens (tertiary/aromatic N) is 3. The standard InChI is InChI=1S/C19H24N4O4S2/c1-2-3-10-27-17(25)14-4-6-15(7-5-14)20-16(24)13-28-19-22-21-18(29-19)23-8-11-26-12-9-23/h4-7H,2-3,8-13H2,1H3,(H,20,24). The number of ether oxygens (including phenoxy) is 2. The summed E-state index contributed by atoms with van der Waals surface area (Å²) >= 11 is 2.83. The highest BCUT2D eigenvalue weighted by Gasteiger charge is 2.16. The highest BCUT2D eigenvalue weighted by molar-refractivity contribution is 8.01. The van der Waals surface area contributed by atoms with Crippen LogP contribution < -0.4 is 10.2 Å². The lowest BCUT2D eigenvalue weighted by Gasteiger charge is -2.25. The number of morpholine rings is 1. The van der Waals surface area contributed by atoms with Crippen LogP contribution in [0, 0.1) is 0 Å². The fraction of sp³-hybridized carbons (Fsp3) is 0.474. The molecule has 10 heteroatoms. The van der Waals surface area contributed by atoms with Crippen molar-refractivity contribution in [3.63, 3.8) is 0 Å². The van der Waals surface area contributed by atoms with Crippen molar-refractivity contribution >= 4 is 45.8 Å². The smallest absolute Gasteiger partial charge is 0.338 e. The van der Waals surface area contributed by atoms with Crippen LogP contribution in [-0.2, 0) is 14.3 Å². The normalized spacial score (nSPS) is 13.9. The SMILES string of the molecule is CCCCOC(=O)c1ccc(NC(=O)CSc2nnc(N3CCOCC3)s2)cc1. The van der Waals surface area contributed by atoms with E-state index >= 15 is 0 Å². The quantitative estimate of drug-likeness (QED) is 0.364. The number of nitrogens with one attached hydrogen (secondary N) is 1. The number of aromatic nitrogens is 2. The van der Waals surface area contributed by atoms with E-state index < -0.39 is 0 Å². The minimum atomic E-state index is -0.348. The van der Waals surface area contributed by atoms with Crippen LogP contribution in [0.3, 0.4) is 0 Å². The van der Waals surface area contributed by atoms with E-state index in [0.717, 1.165) is 35.4 Å². The van der Waals surface area contributed by atoms with Crippen LogP contribution in [0.25, 0.3) is 0 Å². The molecular weight excluding hydrogens is 412 g/mol. The summed E-state index contributed by atoms with van der Waals surface area (Å²) in [6.07, 6.45) is 1.82. The number of anilines is 2. The van der Waals surface area contributed by atoms with Gasteiger partial charge in [-0.3, -0.25) is 4.79 Å². The molecule has 0 unspecified atom stereocenters. The van der Waals surface area contributed by atoms with Gasteiger partial charge in [0, 0.05) is 18.8 Å². The minimum Gasteiger partial charge on any atom is -0.462 e. The lowest BCUT2D eigenvalue weighted by Crippen LogP contribution is -2.36. The number of esters is 1. The van der Waals surface area contributed by atoms with Crippen molar-refractivity contribution in [2.24, 2.45) is 0 Å². The zero-order chi connectivity index (χ0) is 20.5. The molecule has 3 rings (SSSR count). The summed E-state index contributed by atoms with van der Waals surface area (Å²) in [7, 11) is 0. The van der Waals surface area contributed by atoms with Crippen LogP contribution in [0.2, 0.25) is 0 Å². The van der Waals surface area contributed by atoms with Crippen molar-refractivity contribution in [1.82, 2.24) is 10.2 Å². The molecule has 2 heterocycles. The number of amides is 1. The molecule has 1 aliphatic heterocycles. The van der Waals surface area contributed by atoms with E-state index in [-0.39, 0.29) is 17.6 Å². The van der Waals surface area contributed by atoms with Crippen molar-refractivity contribution in [3.8, 4) is 0 Å². The Morgan fingerprint density at radius 1 is 1.24 bits per heavy atom. The van der Waals surface area contributed by atoms with Crippen LogP contribution in [0.15, 0.2) is 28.6 Å². The average molecular weight is 437 g/mol. The number of benzene rings is 1. The van der Waals surface area contributed by atoms with Gasteiger partial charge in [-0.1, -0.05) is 36.4 Å². The van der Waals surface area contributed by atoms with Gasteiger partial charge in [-0.15, -0.1) is 10.2 Å². The third-order valence-electron chi connectivity index (χ3n) is 4.14. The molecule has 1 fully saturated rings. The van der Waals surface area contributed by atoms with E-state index in [0.29, 0.717) is 31.1 Å². The number of unbranched alkanes of at least 4 members (excludes halogenated alkanes) is 1. The molecule has 1 amide bonds. The molecule has 0 aliphatic carbocycles. The van der Waals surface area contributed by atoms with Gasteiger partial charge in [-0.25, -0.2) is 4.79 Å². The predicted molar refractivity (Wildman–Crippen MR) is 114 cm³/mol. The van der Waals surface area contributed by atoms with E-state index in [2.05, 4.69) is 20.4 Å². The number of rotatable bonds is 9. The van der Waals surface area contributed by atoms with Crippen LogP contribution in [0.4, 0.5) is 10.8 Å². The monoisotopic (exact) mass is 436 g/mol. The molecule has 0 spiro atoms. The van der Waals surface area contributed by atoms with Crippen LogP contribution in [-0.4, -0.2) is 60.7 Å². The Morgan fingerprint density at radius 3 is 2.72 bits per heavy atom. The fourth-order valence-corrected chi connectivity index (χ4v) is 4.24. The summed E-state index contributed by atoms with van der Waals surface area (Å²) < 4.78 is 11.3. The molecule has 1 aromatic heterocycles. The summed E-state index contributed by atoms with van der Waals surface area (Å²) in [5.41, 5.74) is 1.10. The molecule has 156 valence electrons. The Kier molecular flexibility index (Phi) is 8.26. The predicted octanol–water partition coefficient (Wildman–Crippen LogP) is 3.06. The first kappa shape index (κ1) is 21.5. The number of hydrogen-bond donors (Lipinski definition) is 1. The van der Waals surface area contributed by atoms with Gasteiger partial charge in [-0.05, 0) is 30.7 Å². The molecule has 0 atom stereocenters. The average Bonchev–Trinajstić information content (AvgIpc) is 3.23. The summed E-state index contributed by atoms with van der Waals surface area (Å²) in [6.45, 7) is 5.46. The zero-order valence-electron chi connectivity index (χ0n) is 16.3. The zero-order valence-corrected chi connectivity index (χ0v) is 17.9. The van der Waals surface area contributed by atoms with Crippen molar-refractivity contribution in [2.45, 2.75) is 24.1 Å². The molecule has 0 saturated carbocycles. The van der Waals surface area contributed by atoms with Gasteiger partial charge < -0.3 is 19.7 Å². The van der Waals surface area contributed by atoms with Crippen LogP contribution in [0.5, 0.6) is 0 Å². The van der Waals surface area contributed by atoms with Crippen molar-refractivity contribution in [2.75, 3.05) is 48.9 Å².